The predicted molar refractivity (Wildman–Crippen MR) is 124 cm³/mol. The third-order valence-corrected chi connectivity index (χ3v) is 9.02. The van der Waals surface area contributed by atoms with Crippen LogP contribution in [-0.2, 0) is 26.7 Å². The number of sulfonamides is 1. The van der Waals surface area contributed by atoms with Crippen LogP contribution < -0.4 is 4.90 Å². The van der Waals surface area contributed by atoms with E-state index in [2.05, 4.69) is 5.10 Å². The molecule has 9 nitrogen and oxygen atoms in total. The van der Waals surface area contributed by atoms with Gasteiger partial charge in [-0.05, 0) is 51.0 Å². The minimum Gasteiger partial charge on any atom is -0.340 e. The number of hydrogen-bond acceptors (Lipinski definition) is 5. The molecular formula is C23H31N5O4S. The van der Waals surface area contributed by atoms with E-state index < -0.39 is 15.9 Å². The van der Waals surface area contributed by atoms with Crippen LogP contribution in [0, 0.1) is 33.6 Å². The van der Waals surface area contributed by atoms with E-state index in [1.54, 1.807) is 35.4 Å². The zero-order valence-electron chi connectivity index (χ0n) is 19.8. The molecule has 178 valence electrons. The molecule has 2 aliphatic rings. The first kappa shape index (κ1) is 23.4. The molecule has 1 aromatic heterocycles. The molecule has 2 amide bonds. The van der Waals surface area contributed by atoms with Gasteiger partial charge in [0.1, 0.15) is 4.90 Å². The zero-order chi connectivity index (χ0) is 24.1. The van der Waals surface area contributed by atoms with Crippen molar-refractivity contribution in [2.24, 2.45) is 13.0 Å². The molecule has 2 fully saturated rings. The summed E-state index contributed by atoms with van der Waals surface area (Å²) in [6, 6.07) is 5.88. The molecule has 0 aliphatic carbocycles. The van der Waals surface area contributed by atoms with E-state index in [1.165, 1.54) is 4.31 Å². The van der Waals surface area contributed by atoms with Gasteiger partial charge in [-0.25, -0.2) is 8.42 Å². The highest BCUT2D eigenvalue weighted by Gasteiger charge is 2.39. The second-order valence-electron chi connectivity index (χ2n) is 9.03. The lowest BCUT2D eigenvalue weighted by Crippen LogP contribution is -2.52. The Balaban J connectivity index is 1.41. The quantitative estimate of drug-likeness (QED) is 0.671. The SMILES string of the molecule is Cc1ccc(N2CC(C(=O)N3CCN(S(=O)(=O)c4c(C)nn(C)c4C)CC3)CC2=O)cc1C. The Morgan fingerprint density at radius 1 is 1.03 bits per heavy atom. The number of hydrogen-bond donors (Lipinski definition) is 0. The van der Waals surface area contributed by atoms with Crippen molar-refractivity contribution in [3.05, 3.63) is 40.7 Å². The van der Waals surface area contributed by atoms with Crippen molar-refractivity contribution < 1.29 is 18.0 Å². The molecule has 1 aromatic carbocycles. The third kappa shape index (κ3) is 4.17. The van der Waals surface area contributed by atoms with Crippen molar-refractivity contribution in [1.29, 1.82) is 0 Å². The molecular weight excluding hydrogens is 442 g/mol. The molecule has 0 N–H and O–H groups in total. The molecule has 33 heavy (non-hydrogen) atoms. The first-order valence-electron chi connectivity index (χ1n) is 11.2. The molecule has 0 radical (unpaired) electrons. The Morgan fingerprint density at radius 3 is 2.27 bits per heavy atom. The lowest BCUT2D eigenvalue weighted by Gasteiger charge is -2.35. The van der Waals surface area contributed by atoms with Gasteiger partial charge in [0.25, 0.3) is 0 Å². The molecule has 3 heterocycles. The average Bonchev–Trinajstić information content (AvgIpc) is 3.28. The van der Waals surface area contributed by atoms with Crippen molar-refractivity contribution in [2.45, 2.75) is 39.0 Å². The second kappa shape index (κ2) is 8.57. The normalized spacial score (nSPS) is 20.0. The largest absolute Gasteiger partial charge is 0.340 e. The summed E-state index contributed by atoms with van der Waals surface area (Å²) >= 11 is 0. The first-order valence-corrected chi connectivity index (χ1v) is 12.6. The summed E-state index contributed by atoms with van der Waals surface area (Å²) in [6.07, 6.45) is 0.179. The molecule has 2 saturated heterocycles. The van der Waals surface area contributed by atoms with Gasteiger partial charge in [-0.3, -0.25) is 14.3 Å². The summed E-state index contributed by atoms with van der Waals surface area (Å²) in [5, 5.41) is 4.23. The Kier molecular flexibility index (Phi) is 6.09. The van der Waals surface area contributed by atoms with Crippen LogP contribution in [0.15, 0.2) is 23.1 Å². The molecule has 0 bridgehead atoms. The number of benzene rings is 1. The maximum Gasteiger partial charge on any atom is 0.246 e. The fourth-order valence-corrected chi connectivity index (χ4v) is 6.50. The van der Waals surface area contributed by atoms with Crippen molar-refractivity contribution >= 4 is 27.5 Å². The summed E-state index contributed by atoms with van der Waals surface area (Å²) in [5.41, 5.74) is 4.15. The Morgan fingerprint density at radius 2 is 1.70 bits per heavy atom. The number of aromatic nitrogens is 2. The highest BCUT2D eigenvalue weighted by atomic mass is 32.2. The average molecular weight is 474 g/mol. The molecule has 2 aromatic rings. The first-order chi connectivity index (χ1) is 15.5. The lowest BCUT2D eigenvalue weighted by molar-refractivity contribution is -0.136. The predicted octanol–water partition coefficient (Wildman–Crippen LogP) is 1.54. The van der Waals surface area contributed by atoms with Gasteiger partial charge < -0.3 is 9.80 Å². The molecule has 0 spiro atoms. The fraction of sp³-hybridized carbons (Fsp3) is 0.522. The van der Waals surface area contributed by atoms with E-state index in [0.29, 0.717) is 31.0 Å². The zero-order valence-corrected chi connectivity index (χ0v) is 20.6. The molecule has 0 saturated carbocycles. The lowest BCUT2D eigenvalue weighted by atomic mass is 10.1. The van der Waals surface area contributed by atoms with Gasteiger partial charge >= 0.3 is 0 Å². The Labute approximate surface area is 195 Å². The summed E-state index contributed by atoms with van der Waals surface area (Å²) in [6.45, 7) is 8.89. The van der Waals surface area contributed by atoms with Gasteiger partial charge in [0.15, 0.2) is 0 Å². The topological polar surface area (TPSA) is 95.8 Å². The number of amides is 2. The fourth-order valence-electron chi connectivity index (χ4n) is 4.68. The second-order valence-corrected chi connectivity index (χ2v) is 10.9. The highest BCUT2D eigenvalue weighted by Crippen LogP contribution is 2.29. The molecule has 1 atom stereocenters. The van der Waals surface area contributed by atoms with Crippen LogP contribution in [0.1, 0.15) is 28.9 Å². The minimum atomic E-state index is -3.68. The summed E-state index contributed by atoms with van der Waals surface area (Å²) in [5.74, 6) is -0.550. The Hall–Kier alpha value is -2.72. The van der Waals surface area contributed by atoms with Crippen molar-refractivity contribution in [1.82, 2.24) is 19.0 Å². The number of rotatable bonds is 4. The van der Waals surface area contributed by atoms with Crippen molar-refractivity contribution in [2.75, 3.05) is 37.6 Å². The number of carbonyl (C=O) groups excluding carboxylic acids is 2. The third-order valence-electron chi connectivity index (χ3n) is 6.87. The molecule has 10 heteroatoms. The minimum absolute atomic E-state index is 0.0552. The Bertz CT molecular complexity index is 1210. The number of nitrogens with zero attached hydrogens (tertiary/aromatic N) is 5. The van der Waals surface area contributed by atoms with Crippen LogP contribution in [0.5, 0.6) is 0 Å². The van der Waals surface area contributed by atoms with Crippen LogP contribution >= 0.6 is 0 Å². The van der Waals surface area contributed by atoms with Gasteiger partial charge in [0, 0.05) is 51.9 Å². The van der Waals surface area contributed by atoms with Crippen LogP contribution in [0.3, 0.4) is 0 Å². The molecule has 2 aliphatic heterocycles. The van der Waals surface area contributed by atoms with E-state index in [4.69, 9.17) is 0 Å². The van der Waals surface area contributed by atoms with Crippen molar-refractivity contribution in [3.63, 3.8) is 0 Å². The summed E-state index contributed by atoms with van der Waals surface area (Å²) in [4.78, 5) is 29.4. The maximum absolute atomic E-state index is 13.2. The summed E-state index contributed by atoms with van der Waals surface area (Å²) < 4.78 is 29.4. The van der Waals surface area contributed by atoms with Crippen LogP contribution in [0.2, 0.25) is 0 Å². The van der Waals surface area contributed by atoms with Gasteiger partial charge in [-0.1, -0.05) is 6.07 Å². The molecule has 1 unspecified atom stereocenters. The number of anilines is 1. The van der Waals surface area contributed by atoms with E-state index in [9.17, 15) is 18.0 Å². The van der Waals surface area contributed by atoms with E-state index >= 15 is 0 Å². The number of aryl methyl sites for hydroxylation is 4. The van der Waals surface area contributed by atoms with Crippen LogP contribution in [0.25, 0.3) is 0 Å². The van der Waals surface area contributed by atoms with E-state index in [-0.39, 0.29) is 36.2 Å². The number of carbonyl (C=O) groups is 2. The van der Waals surface area contributed by atoms with Gasteiger partial charge in [-0.2, -0.15) is 9.40 Å². The smallest absolute Gasteiger partial charge is 0.246 e. The highest BCUT2D eigenvalue weighted by molar-refractivity contribution is 7.89. The van der Waals surface area contributed by atoms with E-state index in [1.807, 2.05) is 32.0 Å². The van der Waals surface area contributed by atoms with E-state index in [0.717, 1.165) is 16.8 Å². The van der Waals surface area contributed by atoms with Gasteiger partial charge in [0.2, 0.25) is 21.8 Å². The summed E-state index contributed by atoms with van der Waals surface area (Å²) in [7, 11) is -1.96. The van der Waals surface area contributed by atoms with Crippen molar-refractivity contribution in [3.8, 4) is 0 Å². The van der Waals surface area contributed by atoms with Gasteiger partial charge in [0.05, 0.1) is 17.3 Å². The molecule has 4 rings (SSSR count). The van der Waals surface area contributed by atoms with Crippen LogP contribution in [0.4, 0.5) is 5.69 Å². The monoisotopic (exact) mass is 473 g/mol. The standard InChI is InChI=1S/C23H31N5O4S/c1-15-6-7-20(12-16(15)2)28-14-19(13-21(28)29)23(30)26-8-10-27(11-9-26)33(31,32)22-17(3)24-25(5)18(22)4/h6-7,12,19H,8-11,13-14H2,1-5H3. The van der Waals surface area contributed by atoms with Crippen LogP contribution in [-0.4, -0.2) is 71.9 Å². The maximum atomic E-state index is 13.2. The number of piperazine rings is 1. The van der Waals surface area contributed by atoms with Gasteiger partial charge in [-0.15, -0.1) is 0 Å².